The predicted molar refractivity (Wildman–Crippen MR) is 116 cm³/mol. The van der Waals surface area contributed by atoms with Gasteiger partial charge in [0.25, 0.3) is 0 Å². The molecule has 4 rings (SSSR count). The number of aromatic nitrogens is 4. The van der Waals surface area contributed by atoms with Crippen molar-refractivity contribution >= 4 is 32.6 Å². The molecule has 0 amide bonds. The van der Waals surface area contributed by atoms with Gasteiger partial charge in [0.1, 0.15) is 30.4 Å². The first-order valence-electron chi connectivity index (χ1n) is 9.89. The van der Waals surface area contributed by atoms with Crippen LogP contribution in [-0.4, -0.2) is 74.4 Å². The second-order valence-corrected chi connectivity index (χ2v) is 10.2. The van der Waals surface area contributed by atoms with Crippen LogP contribution in [0.2, 0.25) is 0 Å². The van der Waals surface area contributed by atoms with E-state index in [1.165, 1.54) is 17.2 Å². The van der Waals surface area contributed by atoms with Crippen LogP contribution in [0, 0.1) is 0 Å². The van der Waals surface area contributed by atoms with E-state index in [0.717, 1.165) is 0 Å². The molecule has 3 aromatic rings. The van der Waals surface area contributed by atoms with Crippen LogP contribution in [0.4, 0.5) is 5.82 Å². The van der Waals surface area contributed by atoms with Crippen LogP contribution < -0.4 is 5.32 Å². The fourth-order valence-electron chi connectivity index (χ4n) is 3.43. The lowest BCUT2D eigenvalue weighted by Gasteiger charge is -2.17. The highest BCUT2D eigenvalue weighted by Gasteiger charge is 2.46. The standard InChI is InChI=1S/C17H21N5O11P2/c23-10-4-2-1-3-9(10)5-18-15-12-16(20-7-19-15)22(8-21-12)17-14(25)13(24)11(32-17)6-31-35(29,30)33-34(26,27)28/h1-4,7-8,11,13-14,17,23-25H,5-6H2,(H,29,30)(H,18,19,20)(H2,26,27,28)/t11-,13-,14-,17-/m1/s1. The second-order valence-electron chi connectivity index (χ2n) is 7.41. The smallest absolute Gasteiger partial charge is 0.481 e. The number of hydrogen-bond acceptors (Lipinski definition) is 12. The molecular weight excluding hydrogens is 512 g/mol. The molecule has 18 heteroatoms. The van der Waals surface area contributed by atoms with E-state index in [4.69, 9.17) is 14.5 Å². The summed E-state index contributed by atoms with van der Waals surface area (Å²) in [5.74, 6) is 0.417. The molecular formula is C17H21N5O11P2. The number of phosphoric ester groups is 1. The van der Waals surface area contributed by atoms with Gasteiger partial charge in [-0.2, -0.15) is 4.31 Å². The Labute approximate surface area is 196 Å². The van der Waals surface area contributed by atoms with E-state index >= 15 is 0 Å². The second kappa shape index (κ2) is 9.87. The molecule has 0 saturated carbocycles. The molecule has 35 heavy (non-hydrogen) atoms. The van der Waals surface area contributed by atoms with Crippen LogP contribution in [0.25, 0.3) is 11.2 Å². The SMILES string of the molecule is O=P(O)(O)OP(=O)(O)OC[C@H]1O[C@@H](n2cnc3c(NCc4ccccc4O)ncnc32)[C@H](O)[C@@H]1O. The summed E-state index contributed by atoms with van der Waals surface area (Å²) in [5, 5.41) is 33.7. The number of nitrogens with zero attached hydrogens (tertiary/aromatic N) is 4. The van der Waals surface area contributed by atoms with Crippen LogP contribution in [-0.2, 0) is 29.2 Å². The minimum absolute atomic E-state index is 0.0965. The van der Waals surface area contributed by atoms with Crippen molar-refractivity contribution < 1.29 is 52.7 Å². The first kappa shape index (κ1) is 25.6. The van der Waals surface area contributed by atoms with E-state index in [1.807, 2.05) is 0 Å². The Balaban J connectivity index is 1.49. The van der Waals surface area contributed by atoms with Gasteiger partial charge in [0.15, 0.2) is 23.2 Å². The number of benzene rings is 1. The summed E-state index contributed by atoms with van der Waals surface area (Å²) in [7, 11) is -10.5. The molecule has 16 nitrogen and oxygen atoms in total. The number of phenols is 1. The van der Waals surface area contributed by atoms with Crippen molar-refractivity contribution in [3.63, 3.8) is 0 Å². The molecule has 1 aromatic carbocycles. The third-order valence-electron chi connectivity index (χ3n) is 5.02. The summed E-state index contributed by atoms with van der Waals surface area (Å²) in [6, 6.07) is 6.72. The van der Waals surface area contributed by atoms with Crippen LogP contribution in [0.5, 0.6) is 5.75 Å². The molecule has 1 saturated heterocycles. The largest absolute Gasteiger partial charge is 0.508 e. The zero-order valence-corrected chi connectivity index (χ0v) is 19.4. The highest BCUT2D eigenvalue weighted by atomic mass is 31.3. The average Bonchev–Trinajstić information content (AvgIpc) is 3.32. The summed E-state index contributed by atoms with van der Waals surface area (Å²) in [6.07, 6.45) is -3.25. The normalized spacial score (nSPS) is 24.5. The van der Waals surface area contributed by atoms with Crippen molar-refractivity contribution in [3.8, 4) is 5.75 Å². The quantitative estimate of drug-likeness (QED) is 0.179. The summed E-state index contributed by atoms with van der Waals surface area (Å²) in [5.41, 5.74) is 1.13. The highest BCUT2D eigenvalue weighted by Crippen LogP contribution is 2.57. The number of rotatable bonds is 9. The van der Waals surface area contributed by atoms with Gasteiger partial charge in [0.2, 0.25) is 0 Å². The Morgan fingerprint density at radius 1 is 1.09 bits per heavy atom. The molecule has 0 bridgehead atoms. The van der Waals surface area contributed by atoms with E-state index in [-0.39, 0.29) is 17.9 Å². The summed E-state index contributed by atoms with van der Waals surface area (Å²) in [6.45, 7) is -0.609. The van der Waals surface area contributed by atoms with Gasteiger partial charge >= 0.3 is 15.6 Å². The molecule has 190 valence electrons. The first-order chi connectivity index (χ1) is 16.5. The monoisotopic (exact) mass is 533 g/mol. The van der Waals surface area contributed by atoms with E-state index in [9.17, 15) is 29.3 Å². The Morgan fingerprint density at radius 3 is 2.54 bits per heavy atom. The van der Waals surface area contributed by atoms with Crippen LogP contribution in [0.1, 0.15) is 11.8 Å². The lowest BCUT2D eigenvalue weighted by molar-refractivity contribution is -0.0503. The topological polar surface area (TPSA) is 239 Å². The average molecular weight is 533 g/mol. The van der Waals surface area contributed by atoms with Crippen molar-refractivity contribution in [2.75, 3.05) is 11.9 Å². The van der Waals surface area contributed by atoms with Gasteiger partial charge in [0, 0.05) is 12.1 Å². The van der Waals surface area contributed by atoms with Gasteiger partial charge in [-0.3, -0.25) is 9.09 Å². The van der Waals surface area contributed by atoms with Gasteiger partial charge in [-0.1, -0.05) is 18.2 Å². The number of hydrogen-bond donors (Lipinski definition) is 7. The van der Waals surface area contributed by atoms with Crippen molar-refractivity contribution in [1.82, 2.24) is 19.5 Å². The number of aromatic hydroxyl groups is 1. The molecule has 1 unspecified atom stereocenters. The number of fused-ring (bicyclic) bond motifs is 1. The highest BCUT2D eigenvalue weighted by molar-refractivity contribution is 7.60. The molecule has 7 N–H and O–H groups in total. The number of phosphoric acid groups is 2. The summed E-state index contributed by atoms with van der Waals surface area (Å²) >= 11 is 0. The molecule has 1 fully saturated rings. The minimum Gasteiger partial charge on any atom is -0.508 e. The first-order valence-corrected chi connectivity index (χ1v) is 12.9. The lowest BCUT2D eigenvalue weighted by Crippen LogP contribution is -2.33. The van der Waals surface area contributed by atoms with Crippen molar-refractivity contribution in [2.45, 2.75) is 31.1 Å². The maximum absolute atomic E-state index is 11.6. The van der Waals surface area contributed by atoms with Gasteiger partial charge in [-0.15, -0.1) is 0 Å². The van der Waals surface area contributed by atoms with E-state index in [2.05, 4.69) is 29.1 Å². The maximum atomic E-state index is 11.6. The zero-order valence-electron chi connectivity index (χ0n) is 17.6. The number of nitrogens with one attached hydrogen (secondary N) is 1. The third kappa shape index (κ3) is 5.85. The number of ether oxygens (including phenoxy) is 1. The van der Waals surface area contributed by atoms with Crippen molar-refractivity contribution in [2.24, 2.45) is 0 Å². The van der Waals surface area contributed by atoms with Crippen molar-refractivity contribution in [1.29, 1.82) is 0 Å². The molecule has 0 radical (unpaired) electrons. The number of para-hydroxylation sites is 1. The van der Waals surface area contributed by atoms with Gasteiger partial charge in [0.05, 0.1) is 12.9 Å². The van der Waals surface area contributed by atoms with E-state index in [0.29, 0.717) is 16.9 Å². The number of phenolic OH excluding ortho intramolecular Hbond substituents is 1. The van der Waals surface area contributed by atoms with E-state index in [1.54, 1.807) is 24.3 Å². The molecule has 1 aliphatic heterocycles. The van der Waals surface area contributed by atoms with Crippen LogP contribution in [0.3, 0.4) is 0 Å². The third-order valence-corrected chi connectivity index (χ3v) is 7.17. The molecule has 0 spiro atoms. The summed E-state index contributed by atoms with van der Waals surface area (Å²) in [4.78, 5) is 39.2. The van der Waals surface area contributed by atoms with Gasteiger partial charge in [-0.05, 0) is 6.07 Å². The zero-order chi connectivity index (χ0) is 25.4. The number of imidazole rings is 1. The number of aliphatic hydroxyl groups excluding tert-OH is 2. The molecule has 1 aliphatic rings. The van der Waals surface area contributed by atoms with Crippen LogP contribution in [0.15, 0.2) is 36.9 Å². The fraction of sp³-hybridized carbons (Fsp3) is 0.353. The number of aliphatic hydroxyl groups is 2. The minimum atomic E-state index is -5.33. The Hall–Kier alpha value is -2.49. The number of anilines is 1. The lowest BCUT2D eigenvalue weighted by atomic mass is 10.1. The van der Waals surface area contributed by atoms with Crippen molar-refractivity contribution in [3.05, 3.63) is 42.5 Å². The maximum Gasteiger partial charge on any atom is 0.481 e. The molecule has 2 aromatic heterocycles. The Kier molecular flexibility index (Phi) is 7.22. The molecule has 5 atom stereocenters. The molecule has 3 heterocycles. The van der Waals surface area contributed by atoms with Gasteiger partial charge in [-0.25, -0.2) is 24.1 Å². The molecule has 0 aliphatic carbocycles. The fourth-order valence-corrected chi connectivity index (χ4v) is 5.03. The predicted octanol–water partition coefficient (Wildman–Crippen LogP) is -0.0105. The Bertz CT molecular complexity index is 1300. The summed E-state index contributed by atoms with van der Waals surface area (Å²) < 4.78 is 37.4. The van der Waals surface area contributed by atoms with Gasteiger partial charge < -0.3 is 40.1 Å². The Morgan fingerprint density at radius 2 is 1.83 bits per heavy atom. The van der Waals surface area contributed by atoms with Crippen LogP contribution >= 0.6 is 15.6 Å². The van der Waals surface area contributed by atoms with E-state index < -0.39 is 46.8 Å².